The third kappa shape index (κ3) is 5.54. The molecule has 1 saturated carbocycles. The van der Waals surface area contributed by atoms with Gasteiger partial charge in [0.15, 0.2) is 0 Å². The molecule has 126 valence electrons. The molecule has 1 aliphatic carbocycles. The van der Waals surface area contributed by atoms with E-state index in [0.29, 0.717) is 24.9 Å². The van der Waals surface area contributed by atoms with Crippen LogP contribution in [0.4, 0.5) is 0 Å². The number of rotatable bonds is 11. The number of carbonyl (C=O) groups is 1. The summed E-state index contributed by atoms with van der Waals surface area (Å²) in [5, 5.41) is 0. The number of ether oxygens (including phenoxy) is 3. The molecule has 0 aromatic heterocycles. The molecular formula is C18H30O4. The average molecular weight is 310 g/mol. The minimum Gasteiger partial charge on any atom is -0.465 e. The highest BCUT2D eigenvalue weighted by molar-refractivity contribution is 5.72. The van der Waals surface area contributed by atoms with Gasteiger partial charge in [0.1, 0.15) is 0 Å². The summed E-state index contributed by atoms with van der Waals surface area (Å²) in [7, 11) is 0. The van der Waals surface area contributed by atoms with Crippen LogP contribution in [-0.2, 0) is 19.0 Å². The van der Waals surface area contributed by atoms with Crippen LogP contribution in [0, 0.1) is 5.92 Å². The summed E-state index contributed by atoms with van der Waals surface area (Å²) < 4.78 is 16.1. The molecule has 0 radical (unpaired) electrons. The second kappa shape index (κ2) is 8.30. The summed E-state index contributed by atoms with van der Waals surface area (Å²) in [5.74, 6) is 0.107. The quantitative estimate of drug-likeness (QED) is 0.332. The van der Waals surface area contributed by atoms with Crippen LogP contribution < -0.4 is 0 Å². The second-order valence-electron chi connectivity index (χ2n) is 7.11. The van der Waals surface area contributed by atoms with E-state index in [1.165, 1.54) is 44.9 Å². The number of fused-ring (bicyclic) bond motifs is 1. The highest BCUT2D eigenvalue weighted by atomic mass is 16.6. The predicted octanol–water partition coefficient (Wildman–Crippen LogP) is 3.62. The number of unbranched alkanes of at least 4 members (excludes halogenated alkanes) is 6. The van der Waals surface area contributed by atoms with Crippen LogP contribution in [0.15, 0.2) is 0 Å². The fourth-order valence-electron chi connectivity index (χ4n) is 3.50. The minimum absolute atomic E-state index is 0.0104. The minimum atomic E-state index is 0.0104. The second-order valence-corrected chi connectivity index (χ2v) is 7.11. The Hall–Kier alpha value is -0.610. The Bertz CT molecular complexity index is 353. The van der Waals surface area contributed by atoms with E-state index in [9.17, 15) is 4.79 Å². The number of esters is 1. The highest BCUT2D eigenvalue weighted by Gasteiger charge is 2.46. The summed E-state index contributed by atoms with van der Waals surface area (Å²) in [6.07, 6.45) is 14.3. The Morgan fingerprint density at radius 2 is 1.68 bits per heavy atom. The van der Waals surface area contributed by atoms with Gasteiger partial charge in [-0.05, 0) is 32.1 Å². The Morgan fingerprint density at radius 1 is 0.955 bits per heavy atom. The van der Waals surface area contributed by atoms with Gasteiger partial charge in [0.05, 0.1) is 37.4 Å². The molecule has 0 N–H and O–H groups in total. The van der Waals surface area contributed by atoms with E-state index in [-0.39, 0.29) is 11.9 Å². The molecule has 0 aromatic carbocycles. The molecule has 3 rings (SSSR count). The number of epoxide rings is 2. The van der Waals surface area contributed by atoms with Gasteiger partial charge in [-0.25, -0.2) is 0 Å². The lowest BCUT2D eigenvalue weighted by Gasteiger charge is -2.17. The van der Waals surface area contributed by atoms with Crippen LogP contribution >= 0.6 is 0 Å². The molecule has 2 saturated heterocycles. The Kier molecular flexibility index (Phi) is 6.13. The molecule has 4 nitrogen and oxygen atoms in total. The normalized spacial score (nSPS) is 32.4. The van der Waals surface area contributed by atoms with Crippen molar-refractivity contribution in [1.82, 2.24) is 0 Å². The molecule has 2 aliphatic heterocycles. The van der Waals surface area contributed by atoms with Crippen LogP contribution in [0.3, 0.4) is 0 Å². The molecule has 22 heavy (non-hydrogen) atoms. The van der Waals surface area contributed by atoms with Crippen LogP contribution in [0.25, 0.3) is 0 Å². The standard InChI is InChI=1S/C18H30O4/c19-18(14-9-10-16-17(12-14)22-16)20-11-7-5-3-1-2-4-6-8-15-13-21-15/h14-17H,1-13H2. The molecule has 0 aromatic rings. The van der Waals surface area contributed by atoms with Crippen LogP contribution in [0.1, 0.15) is 70.6 Å². The van der Waals surface area contributed by atoms with Gasteiger partial charge in [0.2, 0.25) is 0 Å². The number of hydrogen-bond acceptors (Lipinski definition) is 4. The molecule has 4 atom stereocenters. The van der Waals surface area contributed by atoms with Gasteiger partial charge in [-0.2, -0.15) is 0 Å². The molecular weight excluding hydrogens is 280 g/mol. The fourth-order valence-corrected chi connectivity index (χ4v) is 3.50. The summed E-state index contributed by atoms with van der Waals surface area (Å²) in [5.41, 5.74) is 0. The summed E-state index contributed by atoms with van der Waals surface area (Å²) in [6, 6.07) is 0. The third-order valence-electron chi connectivity index (χ3n) is 5.15. The lowest BCUT2D eigenvalue weighted by Crippen LogP contribution is -2.24. The Balaban J connectivity index is 1.09. The monoisotopic (exact) mass is 310 g/mol. The van der Waals surface area contributed by atoms with Crippen molar-refractivity contribution in [3.8, 4) is 0 Å². The highest BCUT2D eigenvalue weighted by Crippen LogP contribution is 2.39. The molecule has 4 heteroatoms. The van der Waals surface area contributed by atoms with Crippen molar-refractivity contribution >= 4 is 5.97 Å². The predicted molar refractivity (Wildman–Crippen MR) is 83.6 cm³/mol. The van der Waals surface area contributed by atoms with Crippen molar-refractivity contribution in [3.05, 3.63) is 0 Å². The zero-order valence-corrected chi connectivity index (χ0v) is 13.6. The first-order valence-corrected chi connectivity index (χ1v) is 9.26. The maximum Gasteiger partial charge on any atom is 0.309 e. The lowest BCUT2D eigenvalue weighted by molar-refractivity contribution is -0.149. The molecule has 2 heterocycles. The van der Waals surface area contributed by atoms with Crippen LogP contribution in [0.2, 0.25) is 0 Å². The van der Waals surface area contributed by atoms with Gasteiger partial charge in [0.25, 0.3) is 0 Å². The van der Waals surface area contributed by atoms with E-state index in [2.05, 4.69) is 0 Å². The van der Waals surface area contributed by atoms with E-state index >= 15 is 0 Å². The van der Waals surface area contributed by atoms with E-state index in [1.54, 1.807) is 0 Å². The van der Waals surface area contributed by atoms with Crippen molar-refractivity contribution < 1.29 is 19.0 Å². The topological polar surface area (TPSA) is 51.4 Å². The fraction of sp³-hybridized carbons (Fsp3) is 0.944. The average Bonchev–Trinajstić information content (AvgIpc) is 3.42. The molecule has 3 fully saturated rings. The first-order chi connectivity index (χ1) is 10.8. The van der Waals surface area contributed by atoms with Crippen molar-refractivity contribution in [2.24, 2.45) is 5.92 Å². The van der Waals surface area contributed by atoms with E-state index < -0.39 is 0 Å². The summed E-state index contributed by atoms with van der Waals surface area (Å²) in [4.78, 5) is 11.9. The van der Waals surface area contributed by atoms with Gasteiger partial charge in [0, 0.05) is 0 Å². The van der Waals surface area contributed by atoms with Gasteiger partial charge in [-0.1, -0.05) is 38.5 Å². The Morgan fingerprint density at radius 3 is 2.41 bits per heavy atom. The largest absolute Gasteiger partial charge is 0.465 e. The van der Waals surface area contributed by atoms with Gasteiger partial charge < -0.3 is 14.2 Å². The molecule has 3 aliphatic rings. The van der Waals surface area contributed by atoms with Crippen molar-refractivity contribution in [1.29, 1.82) is 0 Å². The van der Waals surface area contributed by atoms with Crippen molar-refractivity contribution in [3.63, 3.8) is 0 Å². The first kappa shape index (κ1) is 16.3. The van der Waals surface area contributed by atoms with E-state index in [4.69, 9.17) is 14.2 Å². The molecule has 4 unspecified atom stereocenters. The van der Waals surface area contributed by atoms with Crippen molar-refractivity contribution in [2.75, 3.05) is 13.2 Å². The van der Waals surface area contributed by atoms with Crippen LogP contribution in [-0.4, -0.2) is 37.5 Å². The van der Waals surface area contributed by atoms with Gasteiger partial charge in [-0.3, -0.25) is 4.79 Å². The third-order valence-corrected chi connectivity index (χ3v) is 5.15. The van der Waals surface area contributed by atoms with E-state index in [1.807, 2.05) is 0 Å². The van der Waals surface area contributed by atoms with Crippen molar-refractivity contribution in [2.45, 2.75) is 88.9 Å². The van der Waals surface area contributed by atoms with Gasteiger partial charge >= 0.3 is 5.97 Å². The maximum absolute atomic E-state index is 11.9. The number of hydrogen-bond donors (Lipinski definition) is 0. The Labute approximate surface area is 133 Å². The van der Waals surface area contributed by atoms with E-state index in [0.717, 1.165) is 32.3 Å². The summed E-state index contributed by atoms with van der Waals surface area (Å²) in [6.45, 7) is 1.59. The first-order valence-electron chi connectivity index (χ1n) is 9.26. The van der Waals surface area contributed by atoms with Gasteiger partial charge in [-0.15, -0.1) is 0 Å². The molecule has 0 amide bonds. The number of carbonyl (C=O) groups excluding carboxylic acids is 1. The lowest BCUT2D eigenvalue weighted by atomic mass is 9.89. The smallest absolute Gasteiger partial charge is 0.309 e. The zero-order valence-electron chi connectivity index (χ0n) is 13.6. The summed E-state index contributed by atoms with van der Waals surface area (Å²) >= 11 is 0. The molecule has 0 bridgehead atoms. The molecule has 0 spiro atoms. The SMILES string of the molecule is O=C(OCCCCCCCCCC1CO1)C1CCC2OC2C1. The zero-order chi connectivity index (χ0) is 15.2. The van der Waals surface area contributed by atoms with Crippen LogP contribution in [0.5, 0.6) is 0 Å². The maximum atomic E-state index is 11.9.